The number of carboxylic acid groups (broad SMARTS) is 1. The number of hydrogen-bond acceptors (Lipinski definition) is 6. The summed E-state index contributed by atoms with van der Waals surface area (Å²) < 4.78 is 7.22. The molecule has 0 bridgehead atoms. The van der Waals surface area contributed by atoms with Crippen molar-refractivity contribution in [3.05, 3.63) is 48.0 Å². The summed E-state index contributed by atoms with van der Waals surface area (Å²) in [5.41, 5.74) is 2.29. The highest BCUT2D eigenvalue weighted by atomic mass is 16.5. The average molecular weight is 407 g/mol. The van der Waals surface area contributed by atoms with E-state index < -0.39 is 6.09 Å². The fourth-order valence-electron chi connectivity index (χ4n) is 4.04. The third-order valence-electron chi connectivity index (χ3n) is 5.83. The summed E-state index contributed by atoms with van der Waals surface area (Å²) in [6.45, 7) is 3.35. The molecule has 2 N–H and O–H groups in total. The Hall–Kier alpha value is -3.46. The molecular weight excluding hydrogens is 386 g/mol. The van der Waals surface area contributed by atoms with Gasteiger partial charge in [-0.25, -0.2) is 14.8 Å². The molecule has 1 aromatic carbocycles. The van der Waals surface area contributed by atoms with Crippen LogP contribution in [0.5, 0.6) is 11.6 Å². The third kappa shape index (κ3) is 3.07. The van der Waals surface area contributed by atoms with Gasteiger partial charge >= 0.3 is 6.09 Å². The van der Waals surface area contributed by atoms with Gasteiger partial charge in [-0.3, -0.25) is 9.36 Å². The first kappa shape index (κ1) is 18.6. The molecule has 2 aromatic heterocycles. The molecule has 2 unspecified atom stereocenters. The number of fused-ring (bicyclic) bond motifs is 2. The molecule has 1 saturated heterocycles. The van der Waals surface area contributed by atoms with E-state index in [1.165, 1.54) is 12.5 Å². The van der Waals surface area contributed by atoms with Crippen LogP contribution in [0.3, 0.4) is 0 Å². The van der Waals surface area contributed by atoms with Crippen molar-refractivity contribution < 1.29 is 19.4 Å². The van der Waals surface area contributed by atoms with E-state index in [9.17, 15) is 14.7 Å². The van der Waals surface area contributed by atoms with E-state index in [1.807, 2.05) is 11.8 Å². The van der Waals surface area contributed by atoms with E-state index in [-0.39, 0.29) is 18.0 Å². The Morgan fingerprint density at radius 1 is 1.27 bits per heavy atom. The molecule has 1 amide bonds. The Bertz CT molecular complexity index is 1150. The first-order valence-corrected chi connectivity index (χ1v) is 9.90. The van der Waals surface area contributed by atoms with Gasteiger partial charge in [0.2, 0.25) is 11.8 Å². The lowest BCUT2D eigenvalue weighted by Crippen LogP contribution is -2.57. The predicted molar refractivity (Wildman–Crippen MR) is 108 cm³/mol. The molecule has 0 radical (unpaired) electrons. The quantitative estimate of drug-likeness (QED) is 0.686. The number of amides is 1. The summed E-state index contributed by atoms with van der Waals surface area (Å²) in [6.07, 6.45) is 3.41. The van der Waals surface area contributed by atoms with Crippen molar-refractivity contribution in [2.24, 2.45) is 0 Å². The van der Waals surface area contributed by atoms with Gasteiger partial charge < -0.3 is 20.1 Å². The molecule has 30 heavy (non-hydrogen) atoms. The van der Waals surface area contributed by atoms with Crippen molar-refractivity contribution in [1.29, 1.82) is 0 Å². The molecule has 5 rings (SSSR count). The number of benzene rings is 1. The maximum atomic E-state index is 12.7. The Morgan fingerprint density at radius 2 is 2.10 bits per heavy atom. The van der Waals surface area contributed by atoms with Crippen molar-refractivity contribution in [3.63, 3.8) is 0 Å². The third-order valence-corrected chi connectivity index (χ3v) is 5.83. The van der Waals surface area contributed by atoms with Crippen LogP contribution in [0, 0.1) is 0 Å². The molecular formula is C21H21N5O4. The summed E-state index contributed by atoms with van der Waals surface area (Å²) in [7, 11) is 0. The van der Waals surface area contributed by atoms with E-state index in [4.69, 9.17) is 4.74 Å². The Labute approximate surface area is 172 Å². The minimum atomic E-state index is -1.03. The van der Waals surface area contributed by atoms with E-state index >= 15 is 0 Å². The van der Waals surface area contributed by atoms with Gasteiger partial charge in [0.05, 0.1) is 23.8 Å². The number of aromatic nitrogens is 3. The first-order chi connectivity index (χ1) is 14.5. The number of hydrogen-bond donors (Lipinski definition) is 2. The monoisotopic (exact) mass is 407 g/mol. The maximum Gasteiger partial charge on any atom is 0.415 e. The van der Waals surface area contributed by atoms with Gasteiger partial charge in [-0.1, -0.05) is 0 Å². The van der Waals surface area contributed by atoms with E-state index in [1.54, 1.807) is 24.3 Å². The molecule has 1 fully saturated rings. The minimum Gasteiger partial charge on any atom is -0.464 e. The zero-order chi connectivity index (χ0) is 20.8. The normalized spacial score (nSPS) is 20.5. The number of nitrogens with one attached hydrogen (secondary N) is 1. The topological polar surface area (TPSA) is 110 Å². The second-order valence-electron chi connectivity index (χ2n) is 7.71. The molecule has 0 aliphatic carbocycles. The summed E-state index contributed by atoms with van der Waals surface area (Å²) in [6, 6.07) is 6.88. The van der Waals surface area contributed by atoms with Crippen molar-refractivity contribution in [3.8, 4) is 11.6 Å². The highest BCUT2D eigenvalue weighted by Gasteiger charge is 2.35. The lowest BCUT2D eigenvalue weighted by Gasteiger charge is -2.39. The molecule has 9 heteroatoms. The van der Waals surface area contributed by atoms with E-state index in [0.717, 1.165) is 34.2 Å². The van der Waals surface area contributed by atoms with E-state index in [2.05, 4.69) is 15.3 Å². The van der Waals surface area contributed by atoms with Gasteiger partial charge in [0.15, 0.2) is 0 Å². The molecule has 3 aromatic rings. The standard InChI is InChI=1S/C21H21N5O4/c1-12-8-15-17(10-26(12)20(27)16-4-6-22-16)23-11-24-19(15)30-14-2-3-18-13(9-14)5-7-25(18)21(28)29/h2-3,5,7,9,11-12,16,22H,4,6,8,10H2,1H3,(H,28,29). The lowest BCUT2D eigenvalue weighted by molar-refractivity contribution is -0.138. The number of carbonyl (C=O) groups excluding carboxylic acids is 1. The lowest BCUT2D eigenvalue weighted by atomic mass is 9.97. The largest absolute Gasteiger partial charge is 0.464 e. The van der Waals surface area contributed by atoms with Gasteiger partial charge in [-0.05, 0) is 50.6 Å². The van der Waals surface area contributed by atoms with Gasteiger partial charge in [0.1, 0.15) is 12.1 Å². The SMILES string of the molecule is CC1Cc2c(ncnc2Oc2ccc3c(ccn3C(=O)O)c2)CN1C(=O)C1CCN1. The molecule has 0 saturated carbocycles. The second kappa shape index (κ2) is 7.10. The van der Waals surface area contributed by atoms with Gasteiger partial charge in [0, 0.05) is 23.2 Å². The van der Waals surface area contributed by atoms with Crippen LogP contribution in [0.15, 0.2) is 36.8 Å². The number of nitrogens with zero attached hydrogens (tertiary/aromatic N) is 4. The summed E-state index contributed by atoms with van der Waals surface area (Å²) >= 11 is 0. The van der Waals surface area contributed by atoms with E-state index in [0.29, 0.717) is 30.1 Å². The molecule has 2 aliphatic rings. The summed E-state index contributed by atoms with van der Waals surface area (Å²) in [5, 5.41) is 13.2. The Balaban J connectivity index is 1.41. The van der Waals surface area contributed by atoms with Crippen molar-refractivity contribution in [2.75, 3.05) is 6.54 Å². The van der Waals surface area contributed by atoms with Gasteiger partial charge in [0.25, 0.3) is 0 Å². The Morgan fingerprint density at radius 3 is 2.83 bits per heavy atom. The average Bonchev–Trinajstić information content (AvgIpc) is 3.10. The van der Waals surface area contributed by atoms with Crippen LogP contribution in [0.1, 0.15) is 24.6 Å². The second-order valence-corrected chi connectivity index (χ2v) is 7.71. The minimum absolute atomic E-state index is 0.0211. The van der Waals surface area contributed by atoms with Gasteiger partial charge in [-0.15, -0.1) is 0 Å². The van der Waals surface area contributed by atoms with Crippen LogP contribution in [-0.4, -0.2) is 55.2 Å². The van der Waals surface area contributed by atoms with Crippen molar-refractivity contribution >= 4 is 22.9 Å². The molecule has 9 nitrogen and oxygen atoms in total. The van der Waals surface area contributed by atoms with Crippen molar-refractivity contribution in [2.45, 2.75) is 38.4 Å². The number of ether oxygens (including phenoxy) is 1. The molecule has 2 atom stereocenters. The summed E-state index contributed by atoms with van der Waals surface area (Å²) in [4.78, 5) is 34.5. The zero-order valence-corrected chi connectivity index (χ0v) is 16.4. The fourth-order valence-corrected chi connectivity index (χ4v) is 4.04. The van der Waals surface area contributed by atoms with Crippen LogP contribution < -0.4 is 10.1 Å². The highest BCUT2D eigenvalue weighted by molar-refractivity contribution is 5.89. The molecule has 4 heterocycles. The molecule has 154 valence electrons. The zero-order valence-electron chi connectivity index (χ0n) is 16.4. The first-order valence-electron chi connectivity index (χ1n) is 9.90. The maximum absolute atomic E-state index is 12.7. The van der Waals surface area contributed by atoms with Crippen LogP contribution in [0.25, 0.3) is 10.9 Å². The van der Waals surface area contributed by atoms with Crippen LogP contribution in [0.2, 0.25) is 0 Å². The van der Waals surface area contributed by atoms with Crippen LogP contribution in [-0.2, 0) is 17.8 Å². The highest BCUT2D eigenvalue weighted by Crippen LogP contribution is 2.32. The predicted octanol–water partition coefficient (Wildman–Crippen LogP) is 2.38. The van der Waals surface area contributed by atoms with Crippen molar-refractivity contribution in [1.82, 2.24) is 24.8 Å². The number of rotatable bonds is 3. The van der Waals surface area contributed by atoms with Gasteiger partial charge in [-0.2, -0.15) is 0 Å². The molecule has 0 spiro atoms. The fraction of sp³-hybridized carbons (Fsp3) is 0.333. The number of carbonyl (C=O) groups is 2. The Kier molecular flexibility index (Phi) is 4.39. The summed E-state index contributed by atoms with van der Waals surface area (Å²) in [5.74, 6) is 1.16. The van der Waals surface area contributed by atoms with Crippen LogP contribution >= 0.6 is 0 Å². The smallest absolute Gasteiger partial charge is 0.415 e. The molecule has 2 aliphatic heterocycles. The van der Waals surface area contributed by atoms with Crippen LogP contribution in [0.4, 0.5) is 4.79 Å².